The van der Waals surface area contributed by atoms with Crippen molar-refractivity contribution in [2.75, 3.05) is 11.9 Å². The van der Waals surface area contributed by atoms with Gasteiger partial charge in [-0.15, -0.1) is 0 Å². The van der Waals surface area contributed by atoms with Crippen molar-refractivity contribution < 1.29 is 9.53 Å². The van der Waals surface area contributed by atoms with Crippen LogP contribution in [0.3, 0.4) is 0 Å². The van der Waals surface area contributed by atoms with Gasteiger partial charge in [0.2, 0.25) is 0 Å². The number of amides is 1. The van der Waals surface area contributed by atoms with E-state index in [4.69, 9.17) is 27.9 Å². The highest BCUT2D eigenvalue weighted by Crippen LogP contribution is 2.31. The number of aromatic nitrogens is 1. The van der Waals surface area contributed by atoms with E-state index in [0.717, 1.165) is 21.3 Å². The van der Waals surface area contributed by atoms with Crippen LogP contribution in [-0.4, -0.2) is 17.5 Å². The fourth-order valence-electron chi connectivity index (χ4n) is 2.18. The smallest absolute Gasteiger partial charge is 0.264 e. The molecule has 1 N–H and O–H groups in total. The normalized spacial score (nSPS) is 10.8. The number of aryl methyl sites for hydroxylation is 2. The minimum Gasteiger partial charge on any atom is -0.482 e. The molecule has 24 heavy (non-hydrogen) atoms. The molecule has 1 aromatic heterocycles. The number of anilines is 1. The molecule has 3 rings (SSSR count). The van der Waals surface area contributed by atoms with E-state index in [-0.39, 0.29) is 12.5 Å². The topological polar surface area (TPSA) is 51.2 Å². The molecule has 0 unspecified atom stereocenters. The van der Waals surface area contributed by atoms with Gasteiger partial charge in [-0.1, -0.05) is 46.7 Å². The van der Waals surface area contributed by atoms with Gasteiger partial charge in [0.15, 0.2) is 11.7 Å². The zero-order valence-corrected chi connectivity index (χ0v) is 15.4. The molecule has 0 aliphatic rings. The number of ether oxygens (including phenoxy) is 1. The maximum atomic E-state index is 12.1. The van der Waals surface area contributed by atoms with E-state index in [1.807, 2.05) is 32.0 Å². The highest BCUT2D eigenvalue weighted by molar-refractivity contribution is 7.22. The third kappa shape index (κ3) is 3.64. The first kappa shape index (κ1) is 17.0. The molecule has 4 nitrogen and oxygen atoms in total. The number of thiazole rings is 1. The Balaban J connectivity index is 1.67. The SMILES string of the molecule is Cc1cc(OCC(=O)Nc2nc3cccc(C)c3s2)c(Cl)cc1Cl. The number of nitrogens with zero attached hydrogens (tertiary/aromatic N) is 1. The van der Waals surface area contributed by atoms with Crippen LogP contribution < -0.4 is 10.1 Å². The van der Waals surface area contributed by atoms with Crippen LogP contribution in [0.1, 0.15) is 11.1 Å². The molecular formula is C17H14Cl2N2O2S. The number of fused-ring (bicyclic) bond motifs is 1. The van der Waals surface area contributed by atoms with Crippen molar-refractivity contribution in [2.24, 2.45) is 0 Å². The van der Waals surface area contributed by atoms with Crippen LogP contribution in [0.15, 0.2) is 30.3 Å². The van der Waals surface area contributed by atoms with E-state index < -0.39 is 0 Å². The molecule has 0 bridgehead atoms. The first-order valence-electron chi connectivity index (χ1n) is 7.18. The summed E-state index contributed by atoms with van der Waals surface area (Å²) >= 11 is 13.5. The fourth-order valence-corrected chi connectivity index (χ4v) is 3.57. The fraction of sp³-hybridized carbons (Fsp3) is 0.176. The van der Waals surface area contributed by atoms with Gasteiger partial charge in [0.1, 0.15) is 5.75 Å². The predicted molar refractivity (Wildman–Crippen MR) is 99.7 cm³/mol. The van der Waals surface area contributed by atoms with E-state index in [1.165, 1.54) is 11.3 Å². The van der Waals surface area contributed by atoms with Crippen LogP contribution in [0.2, 0.25) is 10.0 Å². The van der Waals surface area contributed by atoms with Gasteiger partial charge < -0.3 is 4.74 Å². The van der Waals surface area contributed by atoms with Gasteiger partial charge >= 0.3 is 0 Å². The lowest BCUT2D eigenvalue weighted by molar-refractivity contribution is -0.118. The van der Waals surface area contributed by atoms with Crippen LogP contribution in [0.5, 0.6) is 5.75 Å². The molecule has 2 aromatic carbocycles. The van der Waals surface area contributed by atoms with Crippen LogP contribution in [0.25, 0.3) is 10.2 Å². The summed E-state index contributed by atoms with van der Waals surface area (Å²) in [6.45, 7) is 3.70. The van der Waals surface area contributed by atoms with E-state index in [9.17, 15) is 4.79 Å². The van der Waals surface area contributed by atoms with Gasteiger partial charge in [0, 0.05) is 5.02 Å². The Hall–Kier alpha value is -1.82. The number of rotatable bonds is 4. The Bertz CT molecular complexity index is 924. The zero-order valence-electron chi connectivity index (χ0n) is 13.0. The molecule has 124 valence electrons. The highest BCUT2D eigenvalue weighted by Gasteiger charge is 2.11. The number of benzene rings is 2. The number of carbonyl (C=O) groups is 1. The quantitative estimate of drug-likeness (QED) is 0.673. The Morgan fingerprint density at radius 2 is 2.00 bits per heavy atom. The van der Waals surface area contributed by atoms with Gasteiger partial charge in [0.05, 0.1) is 15.2 Å². The second-order valence-corrected chi connectivity index (χ2v) is 7.12. The number of nitrogens with one attached hydrogen (secondary N) is 1. The lowest BCUT2D eigenvalue weighted by Crippen LogP contribution is -2.20. The molecule has 1 amide bonds. The van der Waals surface area contributed by atoms with Crippen molar-refractivity contribution in [3.63, 3.8) is 0 Å². The molecule has 1 heterocycles. The molecule has 0 radical (unpaired) electrons. The molecule has 0 fully saturated rings. The second-order valence-electron chi connectivity index (χ2n) is 5.31. The largest absolute Gasteiger partial charge is 0.482 e. The van der Waals surface area contributed by atoms with Crippen molar-refractivity contribution in [3.05, 3.63) is 51.5 Å². The third-order valence-electron chi connectivity index (χ3n) is 3.43. The van der Waals surface area contributed by atoms with Gasteiger partial charge in [0.25, 0.3) is 5.91 Å². The first-order valence-corrected chi connectivity index (χ1v) is 8.76. The number of hydrogen-bond donors (Lipinski definition) is 1. The minimum atomic E-state index is -0.296. The average molecular weight is 381 g/mol. The average Bonchev–Trinajstić information content (AvgIpc) is 2.93. The lowest BCUT2D eigenvalue weighted by Gasteiger charge is -2.09. The van der Waals surface area contributed by atoms with E-state index >= 15 is 0 Å². The molecule has 7 heteroatoms. The molecule has 0 aliphatic carbocycles. The maximum Gasteiger partial charge on any atom is 0.264 e. The number of halogens is 2. The lowest BCUT2D eigenvalue weighted by atomic mass is 10.2. The van der Waals surface area contributed by atoms with Crippen LogP contribution in [0.4, 0.5) is 5.13 Å². The molecular weight excluding hydrogens is 367 g/mol. The molecule has 0 aliphatic heterocycles. The Labute approximate surface area is 153 Å². The molecule has 0 saturated carbocycles. The summed E-state index contributed by atoms with van der Waals surface area (Å²) in [6.07, 6.45) is 0. The third-order valence-corrected chi connectivity index (χ3v) is 5.25. The second kappa shape index (κ2) is 6.97. The van der Waals surface area contributed by atoms with E-state index in [0.29, 0.717) is 20.9 Å². The van der Waals surface area contributed by atoms with Crippen LogP contribution >= 0.6 is 34.5 Å². The van der Waals surface area contributed by atoms with Gasteiger partial charge in [-0.2, -0.15) is 0 Å². The van der Waals surface area contributed by atoms with Crippen molar-refractivity contribution in [1.82, 2.24) is 4.98 Å². The van der Waals surface area contributed by atoms with Crippen molar-refractivity contribution in [1.29, 1.82) is 0 Å². The summed E-state index contributed by atoms with van der Waals surface area (Å²) in [5, 5.41) is 4.22. The summed E-state index contributed by atoms with van der Waals surface area (Å²) in [5.41, 5.74) is 2.83. The number of hydrogen-bond acceptors (Lipinski definition) is 4. The first-order chi connectivity index (χ1) is 11.4. The maximum absolute atomic E-state index is 12.1. The zero-order chi connectivity index (χ0) is 17.3. The highest BCUT2D eigenvalue weighted by atomic mass is 35.5. The molecule has 0 spiro atoms. The van der Waals surface area contributed by atoms with Crippen molar-refractivity contribution >= 4 is 55.8 Å². The summed E-state index contributed by atoms with van der Waals surface area (Å²) in [6, 6.07) is 9.18. The summed E-state index contributed by atoms with van der Waals surface area (Å²) < 4.78 is 6.54. The van der Waals surface area contributed by atoms with Gasteiger partial charge in [-0.25, -0.2) is 4.98 Å². The molecule has 0 saturated heterocycles. The molecule has 3 aromatic rings. The van der Waals surface area contributed by atoms with Crippen LogP contribution in [-0.2, 0) is 4.79 Å². The summed E-state index contributed by atoms with van der Waals surface area (Å²) in [5.74, 6) is 0.129. The standard InChI is InChI=1S/C17H14Cl2N2O2S/c1-9-4-3-5-13-16(9)24-17(20-13)21-15(22)8-23-14-6-10(2)11(18)7-12(14)19/h3-7H,8H2,1-2H3,(H,20,21,22). The molecule has 0 atom stereocenters. The Morgan fingerprint density at radius 3 is 2.75 bits per heavy atom. The van der Waals surface area contributed by atoms with Gasteiger partial charge in [-0.05, 0) is 43.2 Å². The Morgan fingerprint density at radius 1 is 1.21 bits per heavy atom. The predicted octanol–water partition coefficient (Wildman–Crippen LogP) is 5.24. The van der Waals surface area contributed by atoms with Crippen molar-refractivity contribution in [2.45, 2.75) is 13.8 Å². The van der Waals surface area contributed by atoms with Crippen molar-refractivity contribution in [3.8, 4) is 5.75 Å². The Kier molecular flexibility index (Phi) is 4.94. The summed E-state index contributed by atoms with van der Waals surface area (Å²) in [4.78, 5) is 16.5. The van der Waals surface area contributed by atoms with Gasteiger partial charge in [-0.3, -0.25) is 10.1 Å². The minimum absolute atomic E-state index is 0.157. The monoisotopic (exact) mass is 380 g/mol. The van der Waals surface area contributed by atoms with E-state index in [1.54, 1.807) is 12.1 Å². The van der Waals surface area contributed by atoms with Crippen LogP contribution in [0, 0.1) is 13.8 Å². The number of carbonyl (C=O) groups excluding carboxylic acids is 1. The van der Waals surface area contributed by atoms with E-state index in [2.05, 4.69) is 10.3 Å². The summed E-state index contributed by atoms with van der Waals surface area (Å²) in [7, 11) is 0.